The van der Waals surface area contributed by atoms with E-state index < -0.39 is 21.2 Å². The van der Waals surface area contributed by atoms with Gasteiger partial charge in [0.2, 0.25) is 5.41 Å². The van der Waals surface area contributed by atoms with E-state index in [1.165, 1.54) is 0 Å². The third kappa shape index (κ3) is 2.19. The summed E-state index contributed by atoms with van der Waals surface area (Å²) in [6.07, 6.45) is 1.20. The molecule has 0 aromatic heterocycles. The second-order valence-electron chi connectivity index (χ2n) is 2.79. The zero-order valence-electron chi connectivity index (χ0n) is 6.78. The van der Waals surface area contributed by atoms with Gasteiger partial charge in [-0.15, -0.1) is 0 Å². The highest BCUT2D eigenvalue weighted by atomic mass is 28.2. The van der Waals surface area contributed by atoms with Gasteiger partial charge in [0.15, 0.2) is 9.68 Å². The predicted octanol–water partition coefficient (Wildman–Crippen LogP) is -0.422. The van der Waals surface area contributed by atoms with Crippen molar-refractivity contribution in [3.8, 4) is 0 Å². The van der Waals surface area contributed by atoms with Crippen LogP contribution in [0.5, 0.6) is 0 Å². The Labute approximate surface area is 72.7 Å². The Balaban J connectivity index is 2.53. The monoisotopic (exact) mass is 191 g/mol. The van der Waals surface area contributed by atoms with Crippen LogP contribution in [0.15, 0.2) is 0 Å². The van der Waals surface area contributed by atoms with E-state index in [2.05, 4.69) is 4.74 Å². The van der Waals surface area contributed by atoms with Crippen molar-refractivity contribution in [3.63, 3.8) is 0 Å². The maximum atomic E-state index is 10.3. The fourth-order valence-corrected chi connectivity index (χ4v) is 2.19. The highest BCUT2D eigenvalue weighted by Crippen LogP contribution is 2.24. The predicted molar refractivity (Wildman–Crippen MR) is 44.4 cm³/mol. The molecule has 5 nitrogen and oxygen atoms in total. The zero-order chi connectivity index (χ0) is 9.03. The summed E-state index contributed by atoms with van der Waals surface area (Å²) < 4.78 is 9.92. The van der Waals surface area contributed by atoms with Crippen LogP contribution < -0.4 is 5.40 Å². The van der Waals surface area contributed by atoms with Gasteiger partial charge in [-0.25, -0.2) is 4.79 Å². The SMILES string of the molecule is N[SiH2]C1(OC(=O)O)CCCCO1. The fraction of sp³-hybridized carbons (Fsp3) is 0.833. The molecule has 1 fully saturated rings. The molecule has 0 aromatic rings. The van der Waals surface area contributed by atoms with Crippen LogP contribution in [0.2, 0.25) is 0 Å². The lowest BCUT2D eigenvalue weighted by atomic mass is 10.2. The molecule has 1 aliphatic heterocycles. The fourth-order valence-electron chi connectivity index (χ4n) is 1.27. The van der Waals surface area contributed by atoms with E-state index in [9.17, 15) is 4.79 Å². The number of carboxylic acid groups (broad SMARTS) is 1. The summed E-state index contributed by atoms with van der Waals surface area (Å²) in [6.45, 7) is 0.553. The standard InChI is InChI=1S/C6H13NO4Si/c7-12-6(11-5(8)9)3-1-2-4-10-6/h1-4,7,12H2,(H,8,9). The third-order valence-corrected chi connectivity index (χ3v) is 3.23. The van der Waals surface area contributed by atoms with Crippen LogP contribution in [0.4, 0.5) is 4.79 Å². The molecule has 0 aromatic carbocycles. The van der Waals surface area contributed by atoms with Crippen molar-refractivity contribution < 1.29 is 19.4 Å². The lowest BCUT2D eigenvalue weighted by Crippen LogP contribution is -2.49. The van der Waals surface area contributed by atoms with E-state index in [-0.39, 0.29) is 0 Å². The highest BCUT2D eigenvalue weighted by molar-refractivity contribution is 6.35. The average Bonchev–Trinajstić information content (AvgIpc) is 2.05. The Kier molecular flexibility index (Phi) is 3.07. The zero-order valence-corrected chi connectivity index (χ0v) is 8.20. The average molecular weight is 191 g/mol. The summed E-state index contributed by atoms with van der Waals surface area (Å²) in [5.74, 6) is 0. The van der Waals surface area contributed by atoms with Gasteiger partial charge in [-0.3, -0.25) is 0 Å². The summed E-state index contributed by atoms with van der Waals surface area (Å²) in [6, 6.07) is 0. The number of carbonyl (C=O) groups is 1. The quantitative estimate of drug-likeness (QED) is 0.457. The van der Waals surface area contributed by atoms with E-state index in [0.717, 1.165) is 12.8 Å². The molecule has 0 bridgehead atoms. The van der Waals surface area contributed by atoms with Crippen molar-refractivity contribution in [3.05, 3.63) is 0 Å². The first-order chi connectivity index (χ1) is 5.68. The largest absolute Gasteiger partial charge is 0.508 e. The van der Waals surface area contributed by atoms with Gasteiger partial charge in [0.1, 0.15) is 0 Å². The second kappa shape index (κ2) is 3.88. The van der Waals surface area contributed by atoms with Gasteiger partial charge in [0.25, 0.3) is 0 Å². The summed E-state index contributed by atoms with van der Waals surface area (Å²) >= 11 is 0. The highest BCUT2D eigenvalue weighted by Gasteiger charge is 2.36. The number of hydrogen-bond acceptors (Lipinski definition) is 4. The molecular weight excluding hydrogens is 178 g/mol. The lowest BCUT2D eigenvalue weighted by Gasteiger charge is -2.34. The Morgan fingerprint density at radius 2 is 2.42 bits per heavy atom. The first-order valence-corrected chi connectivity index (χ1v) is 5.47. The van der Waals surface area contributed by atoms with Crippen LogP contribution >= 0.6 is 0 Å². The Bertz CT molecular complexity index is 169. The van der Waals surface area contributed by atoms with Gasteiger partial charge in [-0.2, -0.15) is 0 Å². The van der Waals surface area contributed by atoms with Crippen molar-refractivity contribution in [2.75, 3.05) is 6.61 Å². The second-order valence-corrected chi connectivity index (χ2v) is 4.27. The minimum absolute atomic E-state index is 0.553. The van der Waals surface area contributed by atoms with Gasteiger partial charge in [0, 0.05) is 6.42 Å². The van der Waals surface area contributed by atoms with Crippen molar-refractivity contribution >= 4 is 15.8 Å². The smallest absolute Gasteiger partial charge is 0.450 e. The van der Waals surface area contributed by atoms with Gasteiger partial charge in [-0.05, 0) is 12.8 Å². The van der Waals surface area contributed by atoms with Crippen molar-refractivity contribution in [1.29, 1.82) is 0 Å². The maximum absolute atomic E-state index is 10.3. The van der Waals surface area contributed by atoms with Crippen LogP contribution in [0.25, 0.3) is 0 Å². The first kappa shape index (κ1) is 9.49. The van der Waals surface area contributed by atoms with Crippen LogP contribution in [-0.2, 0) is 9.47 Å². The van der Waals surface area contributed by atoms with E-state index in [1.54, 1.807) is 0 Å². The van der Waals surface area contributed by atoms with Crippen LogP contribution in [0.1, 0.15) is 19.3 Å². The molecule has 0 aliphatic carbocycles. The molecule has 12 heavy (non-hydrogen) atoms. The number of hydrogen-bond donors (Lipinski definition) is 2. The van der Waals surface area contributed by atoms with Gasteiger partial charge in [0.05, 0.1) is 6.61 Å². The Morgan fingerprint density at radius 1 is 1.67 bits per heavy atom. The van der Waals surface area contributed by atoms with Crippen LogP contribution in [0.3, 0.4) is 0 Å². The van der Waals surface area contributed by atoms with Gasteiger partial charge in [-0.1, -0.05) is 0 Å². The minimum Gasteiger partial charge on any atom is -0.450 e. The van der Waals surface area contributed by atoms with Crippen molar-refractivity contribution in [2.24, 2.45) is 5.40 Å². The summed E-state index contributed by atoms with van der Waals surface area (Å²) in [4.78, 5) is 10.3. The number of rotatable bonds is 2. The molecule has 1 atom stereocenters. The molecule has 70 valence electrons. The van der Waals surface area contributed by atoms with E-state index in [0.29, 0.717) is 13.0 Å². The van der Waals surface area contributed by atoms with Crippen LogP contribution in [0, 0.1) is 0 Å². The Hall–Kier alpha value is -0.593. The minimum atomic E-state index is -1.30. The normalized spacial score (nSPS) is 30.8. The number of nitrogens with two attached hydrogens (primary N) is 1. The van der Waals surface area contributed by atoms with E-state index in [4.69, 9.17) is 15.2 Å². The number of ether oxygens (including phenoxy) is 2. The molecular formula is C6H13NO4Si. The van der Waals surface area contributed by atoms with Crippen molar-refractivity contribution in [2.45, 2.75) is 24.7 Å². The molecule has 0 saturated carbocycles. The van der Waals surface area contributed by atoms with Crippen LogP contribution in [-0.4, -0.2) is 33.0 Å². The third-order valence-electron chi connectivity index (χ3n) is 1.90. The van der Waals surface area contributed by atoms with E-state index >= 15 is 0 Å². The molecule has 6 heteroatoms. The van der Waals surface area contributed by atoms with E-state index in [1.807, 2.05) is 0 Å². The Morgan fingerprint density at radius 3 is 2.83 bits per heavy atom. The van der Waals surface area contributed by atoms with Gasteiger partial charge < -0.3 is 20.0 Å². The van der Waals surface area contributed by atoms with Gasteiger partial charge >= 0.3 is 6.16 Å². The molecule has 1 rings (SSSR count). The molecule has 1 heterocycles. The summed E-state index contributed by atoms with van der Waals surface area (Å²) in [7, 11) is -1.11. The molecule has 0 radical (unpaired) electrons. The molecule has 0 spiro atoms. The lowest BCUT2D eigenvalue weighted by molar-refractivity contribution is -0.174. The topological polar surface area (TPSA) is 81.8 Å². The first-order valence-electron chi connectivity index (χ1n) is 3.94. The molecule has 0 amide bonds. The molecule has 3 N–H and O–H groups in total. The molecule has 1 saturated heterocycles. The maximum Gasteiger partial charge on any atom is 0.508 e. The van der Waals surface area contributed by atoms with Crippen molar-refractivity contribution in [1.82, 2.24) is 0 Å². The molecule has 1 aliphatic rings. The summed E-state index contributed by atoms with van der Waals surface area (Å²) in [5.41, 5.74) is -0.940. The molecule has 1 unspecified atom stereocenters. The summed E-state index contributed by atoms with van der Waals surface area (Å²) in [5, 5.41) is 13.9.